The van der Waals surface area contributed by atoms with Crippen molar-refractivity contribution in [3.8, 4) is 0 Å². The molecule has 110 valence electrons. The van der Waals surface area contributed by atoms with E-state index < -0.39 is 5.60 Å². The van der Waals surface area contributed by atoms with E-state index in [-0.39, 0.29) is 6.09 Å². The maximum atomic E-state index is 12.2. The lowest BCUT2D eigenvalue weighted by Gasteiger charge is -2.26. The van der Waals surface area contributed by atoms with Gasteiger partial charge >= 0.3 is 6.09 Å². The molecule has 1 aliphatic rings. The standard InChI is InChI=1S/C15H19BrClNO2/c1-15(2,3)20-14(19)18-6-4-5-10-7-11(17)8-13(16)12(10)9-18/h7-8H,4-6,9H2,1-3H3. The van der Waals surface area contributed by atoms with Crippen molar-refractivity contribution in [2.75, 3.05) is 6.54 Å². The Labute approximate surface area is 133 Å². The molecule has 0 N–H and O–H groups in total. The van der Waals surface area contributed by atoms with Crippen LogP contribution in [0.5, 0.6) is 0 Å². The lowest BCUT2D eigenvalue weighted by Crippen LogP contribution is -2.36. The van der Waals surface area contributed by atoms with Crippen molar-refractivity contribution in [3.05, 3.63) is 32.8 Å². The maximum Gasteiger partial charge on any atom is 0.410 e. The van der Waals surface area contributed by atoms with Gasteiger partial charge < -0.3 is 9.64 Å². The second-order valence-electron chi connectivity index (χ2n) is 6.03. The summed E-state index contributed by atoms with van der Waals surface area (Å²) in [5.41, 5.74) is 1.86. The number of fused-ring (bicyclic) bond motifs is 1. The summed E-state index contributed by atoms with van der Waals surface area (Å²) in [5.74, 6) is 0. The first-order valence-electron chi connectivity index (χ1n) is 6.71. The van der Waals surface area contributed by atoms with Crippen LogP contribution in [-0.2, 0) is 17.7 Å². The van der Waals surface area contributed by atoms with E-state index in [1.807, 2.05) is 32.9 Å². The molecule has 0 radical (unpaired) electrons. The van der Waals surface area contributed by atoms with Crippen LogP contribution >= 0.6 is 27.5 Å². The number of hydrogen-bond acceptors (Lipinski definition) is 2. The van der Waals surface area contributed by atoms with E-state index in [1.165, 1.54) is 5.56 Å². The Balaban J connectivity index is 2.22. The van der Waals surface area contributed by atoms with Gasteiger partial charge in [-0.2, -0.15) is 0 Å². The third-order valence-corrected chi connectivity index (χ3v) is 4.05. The summed E-state index contributed by atoms with van der Waals surface area (Å²) in [6.07, 6.45) is 1.58. The number of hydrogen-bond donors (Lipinski definition) is 0. The van der Waals surface area contributed by atoms with Gasteiger partial charge in [0.05, 0.1) is 6.54 Å². The summed E-state index contributed by atoms with van der Waals surface area (Å²) in [7, 11) is 0. The first-order valence-corrected chi connectivity index (χ1v) is 7.88. The fraction of sp³-hybridized carbons (Fsp3) is 0.533. The van der Waals surface area contributed by atoms with Crippen LogP contribution < -0.4 is 0 Å². The number of rotatable bonds is 0. The minimum atomic E-state index is -0.469. The van der Waals surface area contributed by atoms with Gasteiger partial charge in [0.1, 0.15) is 5.60 Å². The number of carbonyl (C=O) groups excluding carboxylic acids is 1. The van der Waals surface area contributed by atoms with E-state index in [2.05, 4.69) is 15.9 Å². The van der Waals surface area contributed by atoms with Crippen molar-refractivity contribution in [3.63, 3.8) is 0 Å². The predicted molar refractivity (Wildman–Crippen MR) is 84.1 cm³/mol. The van der Waals surface area contributed by atoms with Crippen LogP contribution in [-0.4, -0.2) is 23.1 Å². The molecule has 5 heteroatoms. The van der Waals surface area contributed by atoms with E-state index in [9.17, 15) is 4.79 Å². The number of halogens is 2. The molecule has 0 fully saturated rings. The van der Waals surface area contributed by atoms with Crippen molar-refractivity contribution >= 4 is 33.6 Å². The Kier molecular flexibility index (Phi) is 4.65. The van der Waals surface area contributed by atoms with E-state index in [0.29, 0.717) is 13.1 Å². The van der Waals surface area contributed by atoms with E-state index in [1.54, 1.807) is 4.90 Å². The molecule has 0 unspecified atom stereocenters. The third-order valence-electron chi connectivity index (χ3n) is 3.13. The Morgan fingerprint density at radius 3 is 2.75 bits per heavy atom. The van der Waals surface area contributed by atoms with Crippen LogP contribution in [0.25, 0.3) is 0 Å². The predicted octanol–water partition coefficient (Wildman–Crippen LogP) is 4.79. The largest absolute Gasteiger partial charge is 0.444 e. The SMILES string of the molecule is CC(C)(C)OC(=O)N1CCCc2cc(Cl)cc(Br)c2C1. The molecule has 1 aromatic rings. The third kappa shape index (κ3) is 3.89. The van der Waals surface area contributed by atoms with Crippen molar-refractivity contribution in [1.82, 2.24) is 4.90 Å². The first kappa shape index (κ1) is 15.6. The van der Waals surface area contributed by atoms with Gasteiger partial charge in [-0.15, -0.1) is 0 Å². The topological polar surface area (TPSA) is 29.5 Å². The van der Waals surface area contributed by atoms with E-state index >= 15 is 0 Å². The molecule has 20 heavy (non-hydrogen) atoms. The summed E-state index contributed by atoms with van der Waals surface area (Å²) >= 11 is 9.63. The second kappa shape index (κ2) is 5.94. The Hall–Kier alpha value is -0.740. The highest BCUT2D eigenvalue weighted by Crippen LogP contribution is 2.30. The van der Waals surface area contributed by atoms with Crippen LogP contribution in [0.4, 0.5) is 4.79 Å². The lowest BCUT2D eigenvalue weighted by molar-refractivity contribution is 0.0236. The van der Waals surface area contributed by atoms with Gasteiger partial charge in [-0.05, 0) is 56.9 Å². The van der Waals surface area contributed by atoms with E-state index in [0.717, 1.165) is 27.9 Å². The van der Waals surface area contributed by atoms with E-state index in [4.69, 9.17) is 16.3 Å². The normalized spacial score (nSPS) is 15.6. The molecule has 0 atom stereocenters. The number of aryl methyl sites for hydroxylation is 1. The van der Waals surface area contributed by atoms with Gasteiger partial charge in [0.15, 0.2) is 0 Å². The summed E-state index contributed by atoms with van der Waals surface area (Å²) in [6.45, 7) is 6.90. The van der Waals surface area contributed by atoms with Crippen LogP contribution in [0.15, 0.2) is 16.6 Å². The zero-order valence-electron chi connectivity index (χ0n) is 12.0. The second-order valence-corrected chi connectivity index (χ2v) is 7.32. The summed E-state index contributed by atoms with van der Waals surface area (Å²) in [6, 6.07) is 3.86. The lowest BCUT2D eigenvalue weighted by atomic mass is 10.0. The molecule has 1 aromatic carbocycles. The van der Waals surface area contributed by atoms with Gasteiger partial charge in [0.2, 0.25) is 0 Å². The first-order chi connectivity index (χ1) is 9.26. The highest BCUT2D eigenvalue weighted by Gasteiger charge is 2.25. The fourth-order valence-electron chi connectivity index (χ4n) is 2.27. The zero-order chi connectivity index (χ0) is 14.9. The fourth-order valence-corrected chi connectivity index (χ4v) is 3.27. The number of amides is 1. The van der Waals surface area contributed by atoms with Crippen LogP contribution in [0.3, 0.4) is 0 Å². The Bertz CT molecular complexity index is 525. The number of ether oxygens (including phenoxy) is 1. The minimum Gasteiger partial charge on any atom is -0.444 e. The average molecular weight is 361 g/mol. The molecule has 0 saturated heterocycles. The quantitative estimate of drug-likeness (QED) is 0.666. The van der Waals surface area contributed by atoms with Crippen molar-refractivity contribution < 1.29 is 9.53 Å². The van der Waals surface area contributed by atoms with Crippen molar-refractivity contribution in [2.45, 2.75) is 45.8 Å². The molecule has 0 aliphatic carbocycles. The van der Waals surface area contributed by atoms with Crippen molar-refractivity contribution in [1.29, 1.82) is 0 Å². The van der Waals surface area contributed by atoms with Crippen LogP contribution in [0.2, 0.25) is 5.02 Å². The number of benzene rings is 1. The van der Waals surface area contributed by atoms with Gasteiger partial charge in [0, 0.05) is 16.0 Å². The molecule has 1 aliphatic heterocycles. The maximum absolute atomic E-state index is 12.2. The highest BCUT2D eigenvalue weighted by molar-refractivity contribution is 9.10. The molecular weight excluding hydrogens is 342 g/mol. The van der Waals surface area contributed by atoms with Crippen molar-refractivity contribution in [2.24, 2.45) is 0 Å². The van der Waals surface area contributed by atoms with Crippen LogP contribution in [0.1, 0.15) is 38.3 Å². The molecule has 3 nitrogen and oxygen atoms in total. The summed E-state index contributed by atoms with van der Waals surface area (Å²) in [5, 5.41) is 0.723. The number of carbonyl (C=O) groups is 1. The molecular formula is C15H19BrClNO2. The van der Waals surface area contributed by atoms with Gasteiger partial charge in [-0.1, -0.05) is 27.5 Å². The molecule has 0 saturated carbocycles. The van der Waals surface area contributed by atoms with Gasteiger partial charge in [-0.25, -0.2) is 4.79 Å². The van der Waals surface area contributed by atoms with Gasteiger partial charge in [-0.3, -0.25) is 0 Å². The number of nitrogens with zero attached hydrogens (tertiary/aromatic N) is 1. The summed E-state index contributed by atoms with van der Waals surface area (Å²) in [4.78, 5) is 14.0. The Morgan fingerprint density at radius 1 is 1.40 bits per heavy atom. The average Bonchev–Trinajstić information content (AvgIpc) is 2.49. The molecule has 0 spiro atoms. The molecule has 0 aromatic heterocycles. The highest BCUT2D eigenvalue weighted by atomic mass is 79.9. The molecule has 2 rings (SSSR count). The molecule has 1 heterocycles. The Morgan fingerprint density at radius 2 is 2.10 bits per heavy atom. The summed E-state index contributed by atoms with van der Waals surface area (Å²) < 4.78 is 6.41. The van der Waals surface area contributed by atoms with Gasteiger partial charge in [0.25, 0.3) is 0 Å². The smallest absolute Gasteiger partial charge is 0.410 e. The minimum absolute atomic E-state index is 0.257. The van der Waals surface area contributed by atoms with Crippen LogP contribution in [0, 0.1) is 0 Å². The molecule has 1 amide bonds. The monoisotopic (exact) mass is 359 g/mol. The molecule has 0 bridgehead atoms. The zero-order valence-corrected chi connectivity index (χ0v) is 14.3.